The lowest BCUT2D eigenvalue weighted by Crippen LogP contribution is -2.45. The molecule has 1 saturated heterocycles. The van der Waals surface area contributed by atoms with E-state index < -0.39 is 0 Å². The summed E-state index contributed by atoms with van der Waals surface area (Å²) >= 11 is 1.68. The first-order valence-corrected chi connectivity index (χ1v) is 8.63. The Labute approximate surface area is 134 Å². The molecule has 2 aromatic heterocycles. The van der Waals surface area contributed by atoms with Crippen LogP contribution in [0.15, 0.2) is 23.2 Å². The molecular weight excluding hydrogens is 296 g/mol. The van der Waals surface area contributed by atoms with Crippen molar-refractivity contribution in [3.8, 4) is 0 Å². The number of aromatic nitrogens is 2. The van der Waals surface area contributed by atoms with Gasteiger partial charge in [-0.15, -0.1) is 0 Å². The molecule has 0 radical (unpaired) electrons. The van der Waals surface area contributed by atoms with Crippen molar-refractivity contribution in [1.82, 2.24) is 20.0 Å². The van der Waals surface area contributed by atoms with Crippen LogP contribution in [-0.2, 0) is 6.54 Å². The van der Waals surface area contributed by atoms with E-state index >= 15 is 0 Å². The summed E-state index contributed by atoms with van der Waals surface area (Å²) in [5, 5.41) is 11.6. The predicted octanol–water partition coefficient (Wildman–Crippen LogP) is 3.11. The largest absolute Gasteiger partial charge is 0.334 e. The third-order valence-electron chi connectivity index (χ3n) is 4.18. The minimum Gasteiger partial charge on any atom is -0.334 e. The molecule has 3 rings (SSSR count). The summed E-state index contributed by atoms with van der Waals surface area (Å²) in [6.07, 6.45) is 6.03. The van der Waals surface area contributed by atoms with E-state index in [0.29, 0.717) is 6.54 Å². The summed E-state index contributed by atoms with van der Waals surface area (Å²) in [4.78, 5) is 14.3. The Morgan fingerprint density at radius 2 is 2.32 bits per heavy atom. The van der Waals surface area contributed by atoms with Gasteiger partial charge in [-0.05, 0) is 54.1 Å². The Morgan fingerprint density at radius 3 is 3.00 bits per heavy atom. The van der Waals surface area contributed by atoms with Crippen LogP contribution >= 0.6 is 11.3 Å². The first-order valence-electron chi connectivity index (χ1n) is 7.68. The number of thiophene rings is 1. The lowest BCUT2D eigenvalue weighted by molar-refractivity contribution is 0.163. The zero-order valence-corrected chi connectivity index (χ0v) is 13.9. The maximum Gasteiger partial charge on any atom is 0.317 e. The van der Waals surface area contributed by atoms with Gasteiger partial charge in [0.2, 0.25) is 0 Å². The maximum atomic E-state index is 12.4. The number of carbonyl (C=O) groups excluding carboxylic acids is 1. The van der Waals surface area contributed by atoms with Gasteiger partial charge in [-0.3, -0.25) is 4.68 Å². The molecule has 2 aromatic rings. The van der Waals surface area contributed by atoms with Gasteiger partial charge in [0.15, 0.2) is 0 Å². The molecule has 1 aliphatic heterocycles. The topological polar surface area (TPSA) is 50.2 Å². The molecule has 0 aromatic carbocycles. The van der Waals surface area contributed by atoms with E-state index in [4.69, 9.17) is 0 Å². The summed E-state index contributed by atoms with van der Waals surface area (Å²) in [5.41, 5.74) is 3.61. The Morgan fingerprint density at radius 1 is 1.45 bits per heavy atom. The Kier molecular flexibility index (Phi) is 4.47. The van der Waals surface area contributed by atoms with Gasteiger partial charge in [0.1, 0.15) is 0 Å². The molecule has 0 aliphatic carbocycles. The third kappa shape index (κ3) is 3.32. The van der Waals surface area contributed by atoms with Crippen LogP contribution in [0, 0.1) is 13.8 Å². The van der Waals surface area contributed by atoms with Crippen LogP contribution in [0.2, 0.25) is 0 Å². The van der Waals surface area contributed by atoms with Crippen molar-refractivity contribution in [2.45, 2.75) is 39.3 Å². The molecule has 0 unspecified atom stereocenters. The van der Waals surface area contributed by atoms with E-state index in [1.807, 2.05) is 22.7 Å². The lowest BCUT2D eigenvalue weighted by atomic mass is 10.1. The van der Waals surface area contributed by atoms with Crippen LogP contribution in [0.4, 0.5) is 4.79 Å². The highest BCUT2D eigenvalue weighted by Gasteiger charge is 2.25. The number of nitrogens with one attached hydrogen (secondary N) is 1. The molecule has 118 valence electrons. The van der Waals surface area contributed by atoms with Crippen molar-refractivity contribution >= 4 is 17.4 Å². The highest BCUT2D eigenvalue weighted by atomic mass is 32.1. The van der Waals surface area contributed by atoms with Crippen molar-refractivity contribution in [3.63, 3.8) is 0 Å². The first-order chi connectivity index (χ1) is 10.6. The van der Waals surface area contributed by atoms with Crippen LogP contribution in [0.3, 0.4) is 0 Å². The van der Waals surface area contributed by atoms with Crippen molar-refractivity contribution in [3.05, 3.63) is 39.8 Å². The molecule has 6 heteroatoms. The minimum absolute atomic E-state index is 0.0270. The van der Waals surface area contributed by atoms with Crippen LogP contribution in [0.25, 0.3) is 0 Å². The molecule has 2 amide bonds. The van der Waals surface area contributed by atoms with Gasteiger partial charge in [-0.2, -0.15) is 16.4 Å². The Bertz CT molecular complexity index is 648. The normalized spacial score (nSPS) is 18.5. The molecular formula is C16H22N4OS. The average molecular weight is 318 g/mol. The lowest BCUT2D eigenvalue weighted by Gasteiger charge is -2.32. The summed E-state index contributed by atoms with van der Waals surface area (Å²) in [6, 6.07) is 0.315. The number of likely N-dealkylation sites (tertiary alicyclic amines) is 1. The van der Waals surface area contributed by atoms with Gasteiger partial charge in [0, 0.05) is 25.8 Å². The molecule has 0 spiro atoms. The highest BCUT2D eigenvalue weighted by molar-refractivity contribution is 7.08. The summed E-state index contributed by atoms with van der Waals surface area (Å²) in [6.45, 7) is 6.28. The molecule has 0 bridgehead atoms. The molecule has 5 nitrogen and oxygen atoms in total. The maximum absolute atomic E-state index is 12.4. The fourth-order valence-electron chi connectivity index (χ4n) is 2.84. The predicted molar refractivity (Wildman–Crippen MR) is 88.1 cm³/mol. The quantitative estimate of drug-likeness (QED) is 0.945. The second-order valence-electron chi connectivity index (χ2n) is 5.98. The van der Waals surface area contributed by atoms with Gasteiger partial charge in [-0.1, -0.05) is 0 Å². The van der Waals surface area contributed by atoms with Gasteiger partial charge < -0.3 is 10.2 Å². The monoisotopic (exact) mass is 318 g/mol. The minimum atomic E-state index is 0.0270. The van der Waals surface area contributed by atoms with Crippen molar-refractivity contribution in [2.24, 2.45) is 0 Å². The zero-order valence-electron chi connectivity index (χ0n) is 13.1. The van der Waals surface area contributed by atoms with E-state index in [0.717, 1.165) is 31.5 Å². The van der Waals surface area contributed by atoms with Gasteiger partial charge in [0.05, 0.1) is 12.2 Å². The summed E-state index contributed by atoms with van der Waals surface area (Å²) in [5.74, 6) is 0. The number of piperidine rings is 1. The Hall–Kier alpha value is -1.82. The fraction of sp³-hybridized carbons (Fsp3) is 0.500. The number of hydrogen-bond donors (Lipinski definition) is 1. The average Bonchev–Trinajstić information content (AvgIpc) is 3.13. The zero-order chi connectivity index (χ0) is 15.5. The molecule has 22 heavy (non-hydrogen) atoms. The molecule has 1 aliphatic rings. The van der Waals surface area contributed by atoms with Crippen LogP contribution in [0.5, 0.6) is 0 Å². The van der Waals surface area contributed by atoms with Crippen molar-refractivity contribution in [1.29, 1.82) is 0 Å². The van der Waals surface area contributed by atoms with E-state index in [9.17, 15) is 4.79 Å². The van der Waals surface area contributed by atoms with Crippen molar-refractivity contribution in [2.75, 3.05) is 13.1 Å². The molecule has 3 heterocycles. The van der Waals surface area contributed by atoms with Crippen LogP contribution in [-0.4, -0.2) is 33.8 Å². The number of hydrogen-bond acceptors (Lipinski definition) is 3. The number of amides is 2. The fourth-order valence-corrected chi connectivity index (χ4v) is 3.70. The highest BCUT2D eigenvalue weighted by Crippen LogP contribution is 2.21. The molecule has 1 N–H and O–H groups in total. The standard InChI is InChI=1S/C16H22N4OS/c1-12-6-18-20(8-12)15-4-3-5-19(9-15)16(21)17-7-14-11-22-10-13(14)2/h6,8,10-11,15H,3-5,7,9H2,1-2H3,(H,17,21)/t15-/m0/s1. The second-order valence-corrected chi connectivity index (χ2v) is 6.72. The van der Waals surface area contributed by atoms with Crippen LogP contribution < -0.4 is 5.32 Å². The SMILES string of the molecule is Cc1cnn([C@H]2CCCN(C(=O)NCc3cscc3C)C2)c1. The van der Waals surface area contributed by atoms with Crippen LogP contribution in [0.1, 0.15) is 35.6 Å². The number of nitrogens with zero attached hydrogens (tertiary/aromatic N) is 3. The van der Waals surface area contributed by atoms with Crippen molar-refractivity contribution < 1.29 is 4.79 Å². The molecule has 1 fully saturated rings. The molecule has 0 saturated carbocycles. The summed E-state index contributed by atoms with van der Waals surface area (Å²) in [7, 11) is 0. The third-order valence-corrected chi connectivity index (χ3v) is 5.09. The van der Waals surface area contributed by atoms with E-state index in [2.05, 4.69) is 34.3 Å². The van der Waals surface area contributed by atoms with E-state index in [-0.39, 0.29) is 12.1 Å². The van der Waals surface area contributed by atoms with Gasteiger partial charge in [-0.25, -0.2) is 4.79 Å². The number of rotatable bonds is 3. The number of aryl methyl sites for hydroxylation is 2. The Balaban J connectivity index is 1.57. The van der Waals surface area contributed by atoms with Gasteiger partial charge in [0.25, 0.3) is 0 Å². The first kappa shape index (κ1) is 15.1. The van der Waals surface area contributed by atoms with E-state index in [1.54, 1.807) is 11.3 Å². The van der Waals surface area contributed by atoms with Gasteiger partial charge >= 0.3 is 6.03 Å². The number of urea groups is 1. The smallest absolute Gasteiger partial charge is 0.317 e. The number of carbonyl (C=O) groups is 1. The summed E-state index contributed by atoms with van der Waals surface area (Å²) < 4.78 is 2.00. The van der Waals surface area contributed by atoms with E-state index in [1.165, 1.54) is 11.1 Å². The second kappa shape index (κ2) is 6.52. The molecule has 1 atom stereocenters.